The van der Waals surface area contributed by atoms with Gasteiger partial charge in [-0.3, -0.25) is 4.90 Å². The highest BCUT2D eigenvalue weighted by Gasteiger charge is 2.31. The molecule has 2 nitrogen and oxygen atoms in total. The molecule has 1 aromatic rings. The summed E-state index contributed by atoms with van der Waals surface area (Å²) in [5.41, 5.74) is 6.26. The molecular formula is C14H26N2S. The van der Waals surface area contributed by atoms with E-state index in [1.54, 1.807) is 0 Å². The van der Waals surface area contributed by atoms with Crippen molar-refractivity contribution in [2.45, 2.75) is 51.6 Å². The van der Waals surface area contributed by atoms with E-state index in [4.69, 9.17) is 5.73 Å². The quantitative estimate of drug-likeness (QED) is 0.769. The van der Waals surface area contributed by atoms with Crippen LogP contribution in [-0.2, 0) is 6.54 Å². The van der Waals surface area contributed by atoms with Crippen LogP contribution in [0.25, 0.3) is 0 Å². The predicted molar refractivity (Wildman–Crippen MR) is 77.4 cm³/mol. The Bertz CT molecular complexity index is 289. The molecule has 0 atom stereocenters. The van der Waals surface area contributed by atoms with Crippen molar-refractivity contribution in [3.63, 3.8) is 0 Å². The molecule has 0 radical (unpaired) electrons. The molecular weight excluding hydrogens is 228 g/mol. The third-order valence-electron chi connectivity index (χ3n) is 3.59. The Balaban J connectivity index is 2.73. The second-order valence-corrected chi connectivity index (χ2v) is 5.90. The van der Waals surface area contributed by atoms with E-state index in [2.05, 4.69) is 43.3 Å². The summed E-state index contributed by atoms with van der Waals surface area (Å²) in [4.78, 5) is 3.89. The number of hydrogen-bond donors (Lipinski definition) is 1. The van der Waals surface area contributed by atoms with Crippen LogP contribution in [0.2, 0.25) is 0 Å². The molecule has 0 bridgehead atoms. The van der Waals surface area contributed by atoms with Gasteiger partial charge in [0.15, 0.2) is 0 Å². The zero-order valence-electron chi connectivity index (χ0n) is 11.4. The van der Waals surface area contributed by atoms with Gasteiger partial charge in [-0.05, 0) is 31.3 Å². The zero-order valence-corrected chi connectivity index (χ0v) is 12.2. The first-order chi connectivity index (χ1) is 8.18. The van der Waals surface area contributed by atoms with Gasteiger partial charge in [0.05, 0.1) is 0 Å². The largest absolute Gasteiger partial charge is 0.329 e. The first-order valence-corrected chi connectivity index (χ1v) is 7.50. The van der Waals surface area contributed by atoms with E-state index in [0.29, 0.717) is 0 Å². The predicted octanol–water partition coefficient (Wildman–Crippen LogP) is 3.48. The molecule has 98 valence electrons. The highest BCUT2D eigenvalue weighted by molar-refractivity contribution is 7.09. The van der Waals surface area contributed by atoms with Crippen molar-refractivity contribution >= 4 is 11.3 Å². The zero-order chi connectivity index (χ0) is 12.7. The third-order valence-corrected chi connectivity index (χ3v) is 4.45. The summed E-state index contributed by atoms with van der Waals surface area (Å²) in [5, 5.41) is 2.15. The molecule has 0 unspecified atom stereocenters. The Hall–Kier alpha value is -0.380. The number of likely N-dealkylation sites (N-methyl/N-ethyl adjacent to an activating group) is 1. The highest BCUT2D eigenvalue weighted by atomic mass is 32.1. The van der Waals surface area contributed by atoms with E-state index in [0.717, 1.165) is 13.1 Å². The minimum atomic E-state index is 0.188. The first-order valence-electron chi connectivity index (χ1n) is 6.62. The molecule has 0 aliphatic heterocycles. The smallest absolute Gasteiger partial charge is 0.0332 e. The SMILES string of the molecule is CCCC(CN)(CCC)N(C)Cc1cccs1. The van der Waals surface area contributed by atoms with Gasteiger partial charge < -0.3 is 5.73 Å². The van der Waals surface area contributed by atoms with Crippen molar-refractivity contribution in [3.05, 3.63) is 22.4 Å². The number of rotatable bonds is 8. The molecule has 0 amide bonds. The lowest BCUT2D eigenvalue weighted by atomic mass is 9.87. The molecule has 0 spiro atoms. The van der Waals surface area contributed by atoms with Crippen LogP contribution in [0.4, 0.5) is 0 Å². The van der Waals surface area contributed by atoms with Crippen molar-refractivity contribution in [1.29, 1.82) is 0 Å². The standard InChI is InChI=1S/C14H26N2S/c1-4-8-14(12-15,9-5-2)16(3)11-13-7-6-10-17-13/h6-7,10H,4-5,8-9,11-12,15H2,1-3H3. The van der Waals surface area contributed by atoms with E-state index in [1.165, 1.54) is 30.6 Å². The van der Waals surface area contributed by atoms with Crippen molar-refractivity contribution in [2.75, 3.05) is 13.6 Å². The molecule has 0 aromatic carbocycles. The maximum Gasteiger partial charge on any atom is 0.0332 e. The highest BCUT2D eigenvalue weighted by Crippen LogP contribution is 2.27. The lowest BCUT2D eigenvalue weighted by Crippen LogP contribution is -2.51. The van der Waals surface area contributed by atoms with Crippen LogP contribution in [0.5, 0.6) is 0 Å². The molecule has 3 heteroatoms. The van der Waals surface area contributed by atoms with E-state index in [9.17, 15) is 0 Å². The van der Waals surface area contributed by atoms with Gasteiger partial charge in [0.1, 0.15) is 0 Å². The summed E-state index contributed by atoms with van der Waals surface area (Å²) in [6.07, 6.45) is 4.79. The molecule has 0 saturated heterocycles. The molecule has 17 heavy (non-hydrogen) atoms. The second-order valence-electron chi connectivity index (χ2n) is 4.86. The number of thiophene rings is 1. The van der Waals surface area contributed by atoms with Gasteiger partial charge in [0, 0.05) is 23.5 Å². The summed E-state index contributed by atoms with van der Waals surface area (Å²) in [6.45, 7) is 6.28. The summed E-state index contributed by atoms with van der Waals surface area (Å²) in [6, 6.07) is 4.33. The van der Waals surface area contributed by atoms with Gasteiger partial charge in [-0.2, -0.15) is 0 Å². The van der Waals surface area contributed by atoms with Crippen LogP contribution >= 0.6 is 11.3 Å². The van der Waals surface area contributed by atoms with Crippen molar-refractivity contribution in [3.8, 4) is 0 Å². The van der Waals surface area contributed by atoms with E-state index in [-0.39, 0.29) is 5.54 Å². The summed E-state index contributed by atoms with van der Waals surface area (Å²) >= 11 is 1.83. The van der Waals surface area contributed by atoms with Crippen molar-refractivity contribution in [1.82, 2.24) is 4.90 Å². The van der Waals surface area contributed by atoms with E-state index in [1.807, 2.05) is 11.3 Å². The minimum Gasteiger partial charge on any atom is -0.329 e. The van der Waals surface area contributed by atoms with Crippen LogP contribution in [-0.4, -0.2) is 24.0 Å². The molecule has 2 N–H and O–H groups in total. The van der Waals surface area contributed by atoms with Gasteiger partial charge >= 0.3 is 0 Å². The summed E-state index contributed by atoms with van der Waals surface area (Å²) < 4.78 is 0. The van der Waals surface area contributed by atoms with Gasteiger partial charge in [0.2, 0.25) is 0 Å². The number of nitrogens with zero attached hydrogens (tertiary/aromatic N) is 1. The van der Waals surface area contributed by atoms with Crippen LogP contribution in [0.1, 0.15) is 44.4 Å². The third kappa shape index (κ3) is 3.80. The maximum absolute atomic E-state index is 6.07. The molecule has 0 fully saturated rings. The Morgan fingerprint density at radius 1 is 1.29 bits per heavy atom. The monoisotopic (exact) mass is 254 g/mol. The second kappa shape index (κ2) is 7.14. The Labute approximate surface area is 110 Å². The Morgan fingerprint density at radius 3 is 2.35 bits per heavy atom. The Morgan fingerprint density at radius 2 is 1.94 bits per heavy atom. The first kappa shape index (κ1) is 14.7. The molecule has 0 aliphatic carbocycles. The van der Waals surface area contributed by atoms with Crippen molar-refractivity contribution in [2.24, 2.45) is 5.73 Å². The van der Waals surface area contributed by atoms with Gasteiger partial charge in [0.25, 0.3) is 0 Å². The molecule has 0 saturated carbocycles. The van der Waals surface area contributed by atoms with Crippen LogP contribution in [0.15, 0.2) is 17.5 Å². The molecule has 0 aliphatic rings. The fourth-order valence-corrected chi connectivity index (χ4v) is 3.36. The number of nitrogens with two attached hydrogens (primary N) is 1. The van der Waals surface area contributed by atoms with Crippen LogP contribution in [0, 0.1) is 0 Å². The van der Waals surface area contributed by atoms with Crippen LogP contribution < -0.4 is 5.73 Å². The lowest BCUT2D eigenvalue weighted by Gasteiger charge is -2.41. The van der Waals surface area contributed by atoms with Gasteiger partial charge in [-0.1, -0.05) is 32.8 Å². The van der Waals surface area contributed by atoms with Crippen LogP contribution in [0.3, 0.4) is 0 Å². The molecule has 1 rings (SSSR count). The fraction of sp³-hybridized carbons (Fsp3) is 0.714. The summed E-state index contributed by atoms with van der Waals surface area (Å²) in [5.74, 6) is 0. The van der Waals surface area contributed by atoms with Gasteiger partial charge in [-0.25, -0.2) is 0 Å². The van der Waals surface area contributed by atoms with E-state index >= 15 is 0 Å². The fourth-order valence-electron chi connectivity index (χ4n) is 2.60. The average molecular weight is 254 g/mol. The molecule has 1 heterocycles. The lowest BCUT2D eigenvalue weighted by molar-refractivity contribution is 0.0966. The summed E-state index contributed by atoms with van der Waals surface area (Å²) in [7, 11) is 2.22. The molecule has 1 aromatic heterocycles. The maximum atomic E-state index is 6.07. The van der Waals surface area contributed by atoms with Crippen molar-refractivity contribution < 1.29 is 0 Å². The topological polar surface area (TPSA) is 29.3 Å². The van der Waals surface area contributed by atoms with E-state index < -0.39 is 0 Å². The Kier molecular flexibility index (Phi) is 6.17. The normalized spacial score (nSPS) is 12.3. The minimum absolute atomic E-state index is 0.188. The van der Waals surface area contributed by atoms with Gasteiger partial charge in [-0.15, -0.1) is 11.3 Å². The average Bonchev–Trinajstić information content (AvgIpc) is 2.81. The number of hydrogen-bond acceptors (Lipinski definition) is 3.